The molecule has 6 heteroatoms. The van der Waals surface area contributed by atoms with Gasteiger partial charge < -0.3 is 10.2 Å². The highest BCUT2D eigenvalue weighted by Gasteiger charge is 2.26. The van der Waals surface area contributed by atoms with E-state index in [1.807, 2.05) is 30.3 Å². The molecule has 0 saturated carbocycles. The van der Waals surface area contributed by atoms with Crippen LogP contribution in [0.2, 0.25) is 0 Å². The number of hydrogen-bond acceptors (Lipinski definition) is 4. The summed E-state index contributed by atoms with van der Waals surface area (Å²) in [5.74, 6) is -0.0665. The molecule has 26 heavy (non-hydrogen) atoms. The van der Waals surface area contributed by atoms with Crippen LogP contribution in [0.1, 0.15) is 18.4 Å². The number of rotatable bonds is 4. The number of aromatic nitrogens is 1. The molecule has 3 aromatic rings. The zero-order chi connectivity index (χ0) is 17.9. The lowest BCUT2D eigenvalue weighted by molar-refractivity contribution is -0.125. The Morgan fingerprint density at radius 1 is 1.19 bits per heavy atom. The first-order valence-corrected chi connectivity index (χ1v) is 9.63. The zero-order valence-corrected chi connectivity index (χ0v) is 15.1. The van der Waals surface area contributed by atoms with Crippen molar-refractivity contribution in [2.24, 2.45) is 5.92 Å². The molecule has 1 aliphatic rings. The molecule has 0 aliphatic carbocycles. The lowest BCUT2D eigenvalue weighted by Crippen LogP contribution is -2.40. The average molecular weight is 369 g/mol. The molecule has 1 aliphatic heterocycles. The van der Waals surface area contributed by atoms with Crippen LogP contribution in [0, 0.1) is 11.7 Å². The van der Waals surface area contributed by atoms with E-state index >= 15 is 0 Å². The molecule has 0 bridgehead atoms. The lowest BCUT2D eigenvalue weighted by atomic mass is 9.96. The largest absolute Gasteiger partial charge is 0.352 e. The van der Waals surface area contributed by atoms with Gasteiger partial charge in [0.15, 0.2) is 5.13 Å². The molecule has 1 amide bonds. The first-order valence-electron chi connectivity index (χ1n) is 8.82. The van der Waals surface area contributed by atoms with Gasteiger partial charge in [0, 0.05) is 25.6 Å². The van der Waals surface area contributed by atoms with Gasteiger partial charge in [-0.2, -0.15) is 0 Å². The van der Waals surface area contributed by atoms with E-state index in [1.165, 1.54) is 23.5 Å². The zero-order valence-electron chi connectivity index (χ0n) is 14.3. The number of halogens is 1. The third-order valence-electron chi connectivity index (χ3n) is 4.79. The van der Waals surface area contributed by atoms with Crippen LogP contribution in [-0.4, -0.2) is 24.0 Å². The summed E-state index contributed by atoms with van der Waals surface area (Å²) in [4.78, 5) is 19.2. The first kappa shape index (κ1) is 17.0. The van der Waals surface area contributed by atoms with Crippen molar-refractivity contribution in [1.82, 2.24) is 10.3 Å². The number of carbonyl (C=O) groups excluding carboxylic acids is 1. The smallest absolute Gasteiger partial charge is 0.223 e. The van der Waals surface area contributed by atoms with Crippen LogP contribution < -0.4 is 10.2 Å². The van der Waals surface area contributed by atoms with Crippen molar-refractivity contribution in [3.63, 3.8) is 0 Å². The fourth-order valence-electron chi connectivity index (χ4n) is 3.28. The Kier molecular flexibility index (Phi) is 4.84. The van der Waals surface area contributed by atoms with Gasteiger partial charge in [-0.25, -0.2) is 9.37 Å². The van der Waals surface area contributed by atoms with Crippen LogP contribution in [-0.2, 0) is 11.3 Å². The molecular formula is C20H20FN3OS. The topological polar surface area (TPSA) is 45.2 Å². The summed E-state index contributed by atoms with van der Waals surface area (Å²) >= 11 is 1.51. The molecule has 1 saturated heterocycles. The molecule has 4 nitrogen and oxygen atoms in total. The van der Waals surface area contributed by atoms with E-state index in [9.17, 15) is 9.18 Å². The average Bonchev–Trinajstić information content (AvgIpc) is 3.10. The molecule has 2 aromatic carbocycles. The molecule has 2 heterocycles. The molecule has 1 fully saturated rings. The number of piperidine rings is 1. The van der Waals surface area contributed by atoms with Gasteiger partial charge in [-0.3, -0.25) is 4.79 Å². The highest BCUT2D eigenvalue weighted by atomic mass is 32.1. The number of benzene rings is 2. The molecule has 0 unspecified atom stereocenters. The van der Waals surface area contributed by atoms with Gasteiger partial charge in [0.2, 0.25) is 5.91 Å². The minimum Gasteiger partial charge on any atom is -0.352 e. The van der Waals surface area contributed by atoms with Gasteiger partial charge in [0.05, 0.1) is 10.2 Å². The van der Waals surface area contributed by atoms with Gasteiger partial charge in [-0.05, 0) is 36.6 Å². The van der Waals surface area contributed by atoms with Crippen molar-refractivity contribution in [2.45, 2.75) is 19.4 Å². The second kappa shape index (κ2) is 7.41. The van der Waals surface area contributed by atoms with Crippen molar-refractivity contribution >= 4 is 32.6 Å². The standard InChI is InChI=1S/C20H20FN3OS/c21-16-6-7-17-18(12-16)26-20(23-17)24-10-8-15(9-11-24)19(25)22-13-14-4-2-1-3-5-14/h1-7,12,15H,8-11,13H2,(H,22,25). The monoisotopic (exact) mass is 369 g/mol. The van der Waals surface area contributed by atoms with E-state index in [0.717, 1.165) is 46.8 Å². The number of anilines is 1. The van der Waals surface area contributed by atoms with Crippen LogP contribution in [0.5, 0.6) is 0 Å². The van der Waals surface area contributed by atoms with Gasteiger partial charge in [-0.1, -0.05) is 41.7 Å². The Bertz CT molecular complexity index is 904. The third-order valence-corrected chi connectivity index (χ3v) is 5.86. The Balaban J connectivity index is 1.33. The maximum Gasteiger partial charge on any atom is 0.223 e. The van der Waals surface area contributed by atoms with Gasteiger partial charge in [0.1, 0.15) is 5.82 Å². The molecule has 0 spiro atoms. The number of amides is 1. The van der Waals surface area contributed by atoms with Crippen LogP contribution in [0.4, 0.5) is 9.52 Å². The summed E-state index contributed by atoms with van der Waals surface area (Å²) in [7, 11) is 0. The molecular weight excluding hydrogens is 349 g/mol. The highest BCUT2D eigenvalue weighted by Crippen LogP contribution is 2.31. The normalized spacial score (nSPS) is 15.3. The van der Waals surface area contributed by atoms with Crippen molar-refractivity contribution in [2.75, 3.05) is 18.0 Å². The highest BCUT2D eigenvalue weighted by molar-refractivity contribution is 7.22. The van der Waals surface area contributed by atoms with Crippen LogP contribution in [0.15, 0.2) is 48.5 Å². The predicted octanol–water partition coefficient (Wildman–Crippen LogP) is 3.97. The first-order chi connectivity index (χ1) is 12.7. The van der Waals surface area contributed by atoms with E-state index in [4.69, 9.17) is 0 Å². The van der Waals surface area contributed by atoms with E-state index in [-0.39, 0.29) is 17.6 Å². The summed E-state index contributed by atoms with van der Waals surface area (Å²) in [5.41, 5.74) is 1.94. The number of nitrogens with zero attached hydrogens (tertiary/aromatic N) is 2. The molecule has 134 valence electrons. The fourth-order valence-corrected chi connectivity index (χ4v) is 4.33. The Morgan fingerprint density at radius 2 is 1.96 bits per heavy atom. The second-order valence-electron chi connectivity index (χ2n) is 6.57. The van der Waals surface area contributed by atoms with Crippen LogP contribution in [0.3, 0.4) is 0 Å². The minimum atomic E-state index is -0.235. The number of nitrogens with one attached hydrogen (secondary N) is 1. The van der Waals surface area contributed by atoms with Crippen molar-refractivity contribution in [3.05, 3.63) is 59.9 Å². The van der Waals surface area contributed by atoms with Crippen LogP contribution >= 0.6 is 11.3 Å². The van der Waals surface area contributed by atoms with E-state index < -0.39 is 0 Å². The third kappa shape index (κ3) is 3.70. The Labute approximate surface area is 155 Å². The molecule has 0 atom stereocenters. The molecule has 4 rings (SSSR count). The number of thiazole rings is 1. The summed E-state index contributed by atoms with van der Waals surface area (Å²) < 4.78 is 14.2. The molecule has 1 aromatic heterocycles. The van der Waals surface area contributed by atoms with Gasteiger partial charge in [0.25, 0.3) is 0 Å². The lowest BCUT2D eigenvalue weighted by Gasteiger charge is -2.31. The summed E-state index contributed by atoms with van der Waals surface area (Å²) in [6, 6.07) is 14.6. The fraction of sp³-hybridized carbons (Fsp3) is 0.300. The van der Waals surface area contributed by atoms with E-state index in [0.29, 0.717) is 6.54 Å². The minimum absolute atomic E-state index is 0.0433. The van der Waals surface area contributed by atoms with Crippen molar-refractivity contribution in [1.29, 1.82) is 0 Å². The second-order valence-corrected chi connectivity index (χ2v) is 7.58. The van der Waals surface area contributed by atoms with Gasteiger partial charge >= 0.3 is 0 Å². The van der Waals surface area contributed by atoms with Crippen molar-refractivity contribution in [3.8, 4) is 0 Å². The SMILES string of the molecule is O=C(NCc1ccccc1)C1CCN(c2nc3ccc(F)cc3s2)CC1. The van der Waals surface area contributed by atoms with E-state index in [2.05, 4.69) is 15.2 Å². The van der Waals surface area contributed by atoms with Gasteiger partial charge in [-0.15, -0.1) is 0 Å². The molecule has 1 N–H and O–H groups in total. The number of hydrogen-bond donors (Lipinski definition) is 1. The summed E-state index contributed by atoms with van der Waals surface area (Å²) in [5, 5.41) is 3.95. The maximum absolute atomic E-state index is 13.3. The summed E-state index contributed by atoms with van der Waals surface area (Å²) in [6.07, 6.45) is 1.62. The molecule has 0 radical (unpaired) electrons. The van der Waals surface area contributed by atoms with Crippen LogP contribution in [0.25, 0.3) is 10.2 Å². The van der Waals surface area contributed by atoms with E-state index in [1.54, 1.807) is 6.07 Å². The Morgan fingerprint density at radius 3 is 2.73 bits per heavy atom. The predicted molar refractivity (Wildman–Crippen MR) is 103 cm³/mol. The van der Waals surface area contributed by atoms with Crippen molar-refractivity contribution < 1.29 is 9.18 Å². The maximum atomic E-state index is 13.3. The number of carbonyl (C=O) groups is 1. The quantitative estimate of drug-likeness (QED) is 0.757. The number of fused-ring (bicyclic) bond motifs is 1. The Hall–Kier alpha value is -2.47. The summed E-state index contributed by atoms with van der Waals surface area (Å²) in [6.45, 7) is 2.17.